The Kier molecular flexibility index (Phi) is 8.65. The highest BCUT2D eigenvalue weighted by atomic mass is 19.1. The standard InChI is InChI=1S/C35H45FN4O7/c1-46-25-10-7-20(8-11-25)26-13-16-39(32(42)22-5-3-21(4-6-22)27(19-36)38-34(44)45)30(26)31(41)37-24-9-12-28-23(17-24)18-29-33(43)47-35(40(28)29)14-2-15-35/h9,12,17-18,20-22,25-27,30,38H,2-8,10-11,13-16,19H2,1H3,(H,37,41)(H,44,45)/t20-,21?,22?,25-,26-,27+,30-/m0/s1. The number of esters is 1. The number of anilines is 1. The maximum absolute atomic E-state index is 14.2. The smallest absolute Gasteiger partial charge is 0.404 e. The number of carboxylic acid groups (broad SMARTS) is 1. The number of rotatable bonds is 8. The lowest BCUT2D eigenvalue weighted by Crippen LogP contribution is -2.50. The Morgan fingerprint density at radius 3 is 2.45 bits per heavy atom. The SMILES string of the molecule is CO[C@H]1CC[C@H]([C@@H]2CCN(C(=O)C3CCC([C@@H](CF)NC(=O)O)CC3)[C@@H]2C(=O)Nc2ccc3c(c2)cc2n3C3(CCC3)OC2=O)CC1. The first-order valence-corrected chi connectivity index (χ1v) is 17.3. The van der Waals surface area contributed by atoms with Crippen molar-refractivity contribution < 1.29 is 38.1 Å². The highest BCUT2D eigenvalue weighted by Gasteiger charge is 2.51. The molecule has 3 N–H and O–H groups in total. The van der Waals surface area contributed by atoms with Crippen molar-refractivity contribution in [3.05, 3.63) is 30.0 Å². The van der Waals surface area contributed by atoms with Crippen LogP contribution >= 0.6 is 0 Å². The minimum Gasteiger partial charge on any atom is -0.465 e. The molecule has 1 aromatic carbocycles. The van der Waals surface area contributed by atoms with E-state index in [0.29, 0.717) is 49.5 Å². The first-order chi connectivity index (χ1) is 22.7. The van der Waals surface area contributed by atoms with Crippen LogP contribution in [0.1, 0.15) is 87.5 Å². The Morgan fingerprint density at radius 2 is 1.81 bits per heavy atom. The minimum atomic E-state index is -1.24. The van der Waals surface area contributed by atoms with Gasteiger partial charge in [0.05, 0.1) is 17.7 Å². The largest absolute Gasteiger partial charge is 0.465 e. The third-order valence-electron chi connectivity index (χ3n) is 11.9. The molecule has 3 aliphatic carbocycles. The summed E-state index contributed by atoms with van der Waals surface area (Å²) in [5, 5.41) is 15.4. The van der Waals surface area contributed by atoms with Crippen molar-refractivity contribution in [1.82, 2.24) is 14.8 Å². The number of hydrogen-bond acceptors (Lipinski definition) is 6. The first-order valence-electron chi connectivity index (χ1n) is 17.3. The lowest BCUT2D eigenvalue weighted by molar-refractivity contribution is -0.142. The molecule has 3 amide bonds. The maximum atomic E-state index is 14.2. The topological polar surface area (TPSA) is 139 Å². The van der Waals surface area contributed by atoms with Crippen molar-refractivity contribution in [3.8, 4) is 0 Å². The molecule has 5 aliphatic rings. The van der Waals surface area contributed by atoms with Gasteiger partial charge in [-0.05, 0) is 106 Å². The summed E-state index contributed by atoms with van der Waals surface area (Å²) in [7, 11) is 1.74. The van der Waals surface area contributed by atoms with Gasteiger partial charge in [-0.3, -0.25) is 14.2 Å². The summed E-state index contributed by atoms with van der Waals surface area (Å²) in [6.07, 6.45) is 8.28. The molecule has 1 spiro atoms. The van der Waals surface area contributed by atoms with E-state index in [2.05, 4.69) is 10.6 Å². The molecule has 2 aromatic rings. The van der Waals surface area contributed by atoms with Gasteiger partial charge >= 0.3 is 12.1 Å². The zero-order valence-electron chi connectivity index (χ0n) is 26.9. The third-order valence-corrected chi connectivity index (χ3v) is 11.9. The second-order valence-corrected chi connectivity index (χ2v) is 14.3. The Bertz CT molecular complexity index is 1540. The van der Waals surface area contributed by atoms with Gasteiger partial charge < -0.3 is 30.1 Å². The normalized spacial score (nSPS) is 30.4. The van der Waals surface area contributed by atoms with Crippen LogP contribution in [0.15, 0.2) is 24.3 Å². The summed E-state index contributed by atoms with van der Waals surface area (Å²) in [5.74, 6) is -0.666. The molecule has 4 fully saturated rings. The van der Waals surface area contributed by atoms with Gasteiger partial charge in [0.25, 0.3) is 0 Å². The number of carbonyl (C=O) groups excluding carboxylic acids is 3. The molecular weight excluding hydrogens is 607 g/mol. The van der Waals surface area contributed by atoms with Crippen LogP contribution in [0.5, 0.6) is 0 Å². The number of aromatic nitrogens is 1. The van der Waals surface area contributed by atoms with E-state index in [1.807, 2.05) is 28.8 Å². The van der Waals surface area contributed by atoms with E-state index in [9.17, 15) is 23.6 Å². The number of alkyl halides is 1. The highest BCUT2D eigenvalue weighted by Crippen LogP contribution is 2.48. The number of nitrogens with zero attached hydrogens (tertiary/aromatic N) is 2. The van der Waals surface area contributed by atoms with Gasteiger partial charge in [0.15, 0.2) is 5.72 Å². The van der Waals surface area contributed by atoms with E-state index in [1.54, 1.807) is 12.0 Å². The molecule has 1 saturated heterocycles. The van der Waals surface area contributed by atoms with Crippen molar-refractivity contribution in [2.24, 2.45) is 23.7 Å². The molecular formula is C35H45FN4O7. The Labute approximate surface area is 273 Å². The van der Waals surface area contributed by atoms with Gasteiger partial charge in [-0.15, -0.1) is 0 Å². The molecule has 3 heterocycles. The summed E-state index contributed by atoms with van der Waals surface area (Å²) < 4.78 is 27.0. The minimum absolute atomic E-state index is 0.0269. The van der Waals surface area contributed by atoms with Crippen molar-refractivity contribution in [3.63, 3.8) is 0 Å². The van der Waals surface area contributed by atoms with Crippen molar-refractivity contribution in [1.29, 1.82) is 0 Å². The van der Waals surface area contributed by atoms with Crippen molar-refractivity contribution in [2.45, 2.75) is 101 Å². The van der Waals surface area contributed by atoms with E-state index >= 15 is 0 Å². The number of hydrogen-bond donors (Lipinski definition) is 3. The van der Waals surface area contributed by atoms with Crippen LogP contribution in [0.3, 0.4) is 0 Å². The molecule has 11 nitrogen and oxygen atoms in total. The predicted octanol–water partition coefficient (Wildman–Crippen LogP) is 5.42. The van der Waals surface area contributed by atoms with Gasteiger partial charge in [0, 0.05) is 43.5 Å². The van der Waals surface area contributed by atoms with E-state index in [4.69, 9.17) is 14.6 Å². The van der Waals surface area contributed by atoms with Gasteiger partial charge in [-0.2, -0.15) is 0 Å². The number of halogens is 1. The summed E-state index contributed by atoms with van der Waals surface area (Å²) >= 11 is 0. The first kappa shape index (κ1) is 31.9. The van der Waals surface area contributed by atoms with Crippen molar-refractivity contribution >= 4 is 40.5 Å². The third kappa shape index (κ3) is 5.76. The molecule has 7 rings (SSSR count). The van der Waals surface area contributed by atoms with Crippen LogP contribution < -0.4 is 10.6 Å². The number of likely N-dealkylation sites (tertiary alicyclic amines) is 1. The Balaban J connectivity index is 1.09. The quantitative estimate of drug-likeness (QED) is 0.324. The van der Waals surface area contributed by atoms with Gasteiger partial charge in [0.1, 0.15) is 18.4 Å². The van der Waals surface area contributed by atoms with E-state index < -0.39 is 30.6 Å². The summed E-state index contributed by atoms with van der Waals surface area (Å²) in [5.41, 5.74) is 1.47. The fraction of sp³-hybridized carbons (Fsp3) is 0.657. The second kappa shape index (κ2) is 12.7. The molecule has 1 aromatic heterocycles. The molecule has 2 aliphatic heterocycles. The zero-order valence-corrected chi connectivity index (χ0v) is 26.9. The Hall–Kier alpha value is -3.67. The number of methoxy groups -OCH3 is 1. The van der Waals surface area contributed by atoms with Gasteiger partial charge in [-0.1, -0.05) is 0 Å². The Morgan fingerprint density at radius 1 is 1.06 bits per heavy atom. The highest BCUT2D eigenvalue weighted by molar-refractivity contribution is 6.02. The van der Waals surface area contributed by atoms with E-state index in [-0.39, 0.29) is 41.6 Å². The molecule has 3 atom stereocenters. The van der Waals surface area contributed by atoms with E-state index in [0.717, 1.165) is 62.3 Å². The summed E-state index contributed by atoms with van der Waals surface area (Å²) in [6, 6.07) is 6.13. The monoisotopic (exact) mass is 652 g/mol. The molecule has 12 heteroatoms. The molecule has 47 heavy (non-hydrogen) atoms. The summed E-state index contributed by atoms with van der Waals surface area (Å²) in [4.78, 5) is 53.9. The number of carbonyl (C=O) groups is 4. The lowest BCUT2D eigenvalue weighted by atomic mass is 9.75. The predicted molar refractivity (Wildman–Crippen MR) is 171 cm³/mol. The van der Waals surface area contributed by atoms with Gasteiger partial charge in [0.2, 0.25) is 11.8 Å². The number of fused-ring (bicyclic) bond motifs is 4. The van der Waals surface area contributed by atoms with Crippen LogP contribution in [0.4, 0.5) is 14.9 Å². The van der Waals surface area contributed by atoms with Crippen LogP contribution in [0.25, 0.3) is 10.9 Å². The van der Waals surface area contributed by atoms with Crippen LogP contribution in [-0.4, -0.2) is 77.0 Å². The van der Waals surface area contributed by atoms with Crippen molar-refractivity contribution in [2.75, 3.05) is 25.6 Å². The average Bonchev–Trinajstić information content (AvgIpc) is 3.75. The molecule has 0 bridgehead atoms. The van der Waals surface area contributed by atoms with Crippen LogP contribution in [0.2, 0.25) is 0 Å². The summed E-state index contributed by atoms with van der Waals surface area (Å²) in [6.45, 7) is -0.269. The molecule has 254 valence electrons. The molecule has 3 saturated carbocycles. The zero-order chi connectivity index (χ0) is 32.9. The average molecular weight is 653 g/mol. The fourth-order valence-electron chi connectivity index (χ4n) is 9.26. The molecule has 0 unspecified atom stereocenters. The number of ether oxygens (including phenoxy) is 2. The second-order valence-electron chi connectivity index (χ2n) is 14.3. The van der Waals surface area contributed by atoms with E-state index in [1.165, 1.54) is 0 Å². The number of amides is 3. The number of nitrogens with one attached hydrogen (secondary N) is 2. The molecule has 0 radical (unpaired) electrons. The number of benzene rings is 1. The lowest BCUT2D eigenvalue weighted by Gasteiger charge is -2.38. The van der Waals surface area contributed by atoms with Crippen LogP contribution in [-0.2, 0) is 24.8 Å². The fourth-order valence-corrected chi connectivity index (χ4v) is 9.26. The van der Waals surface area contributed by atoms with Crippen LogP contribution in [0, 0.1) is 23.7 Å². The maximum Gasteiger partial charge on any atom is 0.404 e. The van der Waals surface area contributed by atoms with Gasteiger partial charge in [-0.25, -0.2) is 14.0 Å².